The zero-order valence-corrected chi connectivity index (χ0v) is 20.1. The molecule has 1 fully saturated rings. The first-order chi connectivity index (χ1) is 16.1. The van der Waals surface area contributed by atoms with Gasteiger partial charge in [0.2, 0.25) is 0 Å². The number of fused-ring (bicyclic) bond motifs is 2. The van der Waals surface area contributed by atoms with Gasteiger partial charge in [0.05, 0.1) is 18.7 Å². The Kier molecular flexibility index (Phi) is 6.60. The highest BCUT2D eigenvalue weighted by Gasteiger charge is 2.22. The molecule has 0 aliphatic carbocycles. The number of thiophene rings is 1. The number of hydrogen-bond donors (Lipinski definition) is 2. The maximum absolute atomic E-state index is 11.0. The second kappa shape index (κ2) is 9.77. The van der Waals surface area contributed by atoms with Gasteiger partial charge in [0.1, 0.15) is 5.75 Å². The highest BCUT2D eigenvalue weighted by atomic mass is 32.1. The van der Waals surface area contributed by atoms with Crippen LogP contribution in [0.25, 0.3) is 21.0 Å². The van der Waals surface area contributed by atoms with Crippen molar-refractivity contribution in [3.63, 3.8) is 0 Å². The number of aliphatic hydroxyl groups excluding tert-OH is 1. The molecule has 1 aliphatic rings. The number of piperidine rings is 1. The van der Waals surface area contributed by atoms with E-state index in [2.05, 4.69) is 46.4 Å². The fraction of sp³-hybridized carbons (Fsp3) is 0.370. The van der Waals surface area contributed by atoms with Crippen molar-refractivity contribution in [3.05, 3.63) is 70.7 Å². The van der Waals surface area contributed by atoms with Crippen molar-refractivity contribution in [2.45, 2.75) is 38.5 Å². The van der Waals surface area contributed by atoms with Gasteiger partial charge in [-0.2, -0.15) is 0 Å². The number of pyridine rings is 1. The van der Waals surface area contributed by atoms with E-state index in [4.69, 9.17) is 4.74 Å². The van der Waals surface area contributed by atoms with Gasteiger partial charge in [-0.15, -0.1) is 11.3 Å². The molecule has 1 atom stereocenters. The maximum atomic E-state index is 11.0. The lowest BCUT2D eigenvalue weighted by atomic mass is 10.0. The molecule has 2 N–H and O–H groups in total. The molecule has 0 spiro atoms. The predicted molar refractivity (Wildman–Crippen MR) is 136 cm³/mol. The number of benzene rings is 2. The Balaban J connectivity index is 1.15. The van der Waals surface area contributed by atoms with E-state index >= 15 is 0 Å². The number of likely N-dealkylation sites (tertiary alicyclic amines) is 1. The van der Waals surface area contributed by atoms with Gasteiger partial charge in [-0.05, 0) is 80.2 Å². The minimum absolute atomic E-state index is 0.524. The SMILES string of the molecule is COc1ccc2nccc([C@@H](O)CN3CCC(NCc4cc5cc(C)ccc5s4)CC3)c2c1. The molecule has 5 rings (SSSR count). The Morgan fingerprint density at radius 2 is 2.00 bits per heavy atom. The van der Waals surface area contributed by atoms with Crippen LogP contribution in [0, 0.1) is 6.92 Å². The summed E-state index contributed by atoms with van der Waals surface area (Å²) in [6.07, 6.45) is 3.43. The highest BCUT2D eigenvalue weighted by molar-refractivity contribution is 7.19. The number of methoxy groups -OCH3 is 1. The standard InChI is InChI=1S/C27H31N3O2S/c1-18-3-6-27-19(13-18)14-22(33-27)16-29-20-8-11-30(12-9-20)17-26(31)23-7-10-28-25-5-4-21(32-2)15-24(23)25/h3-7,10,13-15,20,26,29,31H,8-9,11-12,16-17H2,1-2H3/t26-/m0/s1. The third-order valence-corrected chi connectivity index (χ3v) is 7.76. The molecule has 6 heteroatoms. The predicted octanol–water partition coefficient (Wildman–Crippen LogP) is 5.05. The van der Waals surface area contributed by atoms with Crippen LogP contribution in [0.3, 0.4) is 0 Å². The molecule has 33 heavy (non-hydrogen) atoms. The van der Waals surface area contributed by atoms with Crippen LogP contribution in [0.5, 0.6) is 5.75 Å². The zero-order chi connectivity index (χ0) is 22.8. The summed E-state index contributed by atoms with van der Waals surface area (Å²) in [5, 5.41) is 17.1. The summed E-state index contributed by atoms with van der Waals surface area (Å²) in [4.78, 5) is 8.20. The van der Waals surface area contributed by atoms with E-state index < -0.39 is 6.10 Å². The van der Waals surface area contributed by atoms with Crippen LogP contribution >= 0.6 is 11.3 Å². The first kappa shape index (κ1) is 22.3. The number of ether oxygens (including phenoxy) is 1. The van der Waals surface area contributed by atoms with Gasteiger partial charge in [-0.25, -0.2) is 0 Å². The van der Waals surface area contributed by atoms with Gasteiger partial charge in [0.25, 0.3) is 0 Å². The molecule has 1 saturated heterocycles. The summed E-state index contributed by atoms with van der Waals surface area (Å²) >= 11 is 1.88. The molecule has 2 aromatic carbocycles. The average molecular weight is 462 g/mol. The number of nitrogens with one attached hydrogen (secondary N) is 1. The van der Waals surface area contributed by atoms with E-state index in [1.165, 1.54) is 20.5 Å². The van der Waals surface area contributed by atoms with E-state index in [1.54, 1.807) is 13.3 Å². The summed E-state index contributed by atoms with van der Waals surface area (Å²) in [7, 11) is 1.66. The smallest absolute Gasteiger partial charge is 0.119 e. The summed E-state index contributed by atoms with van der Waals surface area (Å²) in [5.74, 6) is 0.782. The van der Waals surface area contributed by atoms with E-state index in [0.29, 0.717) is 12.6 Å². The molecule has 2 aromatic heterocycles. The molecule has 3 heterocycles. The minimum atomic E-state index is -0.547. The number of β-amino-alcohol motifs (C(OH)–C–C–N with tert-alkyl or cyclic N) is 1. The summed E-state index contributed by atoms with van der Waals surface area (Å²) < 4.78 is 6.73. The van der Waals surface area contributed by atoms with E-state index in [-0.39, 0.29) is 0 Å². The van der Waals surface area contributed by atoms with Crippen LogP contribution in [-0.2, 0) is 6.54 Å². The Bertz CT molecular complexity index is 1250. The van der Waals surface area contributed by atoms with E-state index in [1.807, 2.05) is 35.6 Å². The van der Waals surface area contributed by atoms with Crippen molar-refractivity contribution in [2.24, 2.45) is 0 Å². The summed E-state index contributed by atoms with van der Waals surface area (Å²) in [6, 6.07) is 17.3. The van der Waals surface area contributed by atoms with Gasteiger partial charge in [0, 0.05) is 40.3 Å². The van der Waals surface area contributed by atoms with Gasteiger partial charge in [-0.1, -0.05) is 17.7 Å². The third-order valence-electron chi connectivity index (χ3n) is 6.65. The topological polar surface area (TPSA) is 57.6 Å². The van der Waals surface area contributed by atoms with Crippen molar-refractivity contribution in [2.75, 3.05) is 26.7 Å². The lowest BCUT2D eigenvalue weighted by Crippen LogP contribution is -2.43. The monoisotopic (exact) mass is 461 g/mol. The lowest BCUT2D eigenvalue weighted by molar-refractivity contribution is 0.0949. The minimum Gasteiger partial charge on any atom is -0.497 e. The molecule has 0 bridgehead atoms. The van der Waals surface area contributed by atoms with Gasteiger partial charge < -0.3 is 20.1 Å². The molecular formula is C27H31N3O2S. The largest absolute Gasteiger partial charge is 0.497 e. The van der Waals surface area contributed by atoms with Crippen molar-refractivity contribution in [1.82, 2.24) is 15.2 Å². The van der Waals surface area contributed by atoms with E-state index in [0.717, 1.165) is 54.7 Å². The van der Waals surface area contributed by atoms with Crippen LogP contribution in [0.1, 0.15) is 34.9 Å². The second-order valence-electron chi connectivity index (χ2n) is 9.01. The molecule has 0 amide bonds. The van der Waals surface area contributed by atoms with Crippen LogP contribution in [0.4, 0.5) is 0 Å². The second-order valence-corrected chi connectivity index (χ2v) is 10.2. The first-order valence-corrected chi connectivity index (χ1v) is 12.5. The number of aryl methyl sites for hydroxylation is 1. The lowest BCUT2D eigenvalue weighted by Gasteiger charge is -2.33. The van der Waals surface area contributed by atoms with Gasteiger partial charge in [-0.3, -0.25) is 4.98 Å². The molecule has 0 unspecified atom stereocenters. The third kappa shape index (κ3) is 5.04. The maximum Gasteiger partial charge on any atom is 0.119 e. The highest BCUT2D eigenvalue weighted by Crippen LogP contribution is 2.29. The van der Waals surface area contributed by atoms with Crippen LogP contribution in [0.15, 0.2) is 54.7 Å². The molecule has 0 saturated carbocycles. The van der Waals surface area contributed by atoms with Crippen LogP contribution in [-0.4, -0.2) is 47.8 Å². The van der Waals surface area contributed by atoms with Crippen LogP contribution < -0.4 is 10.1 Å². The van der Waals surface area contributed by atoms with Crippen molar-refractivity contribution in [3.8, 4) is 5.75 Å². The Morgan fingerprint density at radius 1 is 1.15 bits per heavy atom. The summed E-state index contributed by atoms with van der Waals surface area (Å²) in [6.45, 7) is 5.70. The van der Waals surface area contributed by atoms with Crippen LogP contribution in [0.2, 0.25) is 0 Å². The van der Waals surface area contributed by atoms with Crippen molar-refractivity contribution < 1.29 is 9.84 Å². The fourth-order valence-corrected chi connectivity index (χ4v) is 5.77. The van der Waals surface area contributed by atoms with E-state index in [9.17, 15) is 5.11 Å². The Labute approximate surface area is 199 Å². The van der Waals surface area contributed by atoms with Gasteiger partial charge in [0.15, 0.2) is 0 Å². The van der Waals surface area contributed by atoms with Crippen molar-refractivity contribution >= 4 is 32.3 Å². The fourth-order valence-electron chi connectivity index (χ4n) is 4.78. The van der Waals surface area contributed by atoms with Gasteiger partial charge >= 0.3 is 0 Å². The number of aromatic nitrogens is 1. The first-order valence-electron chi connectivity index (χ1n) is 11.6. The quantitative estimate of drug-likeness (QED) is 0.403. The Hall–Kier alpha value is -2.51. The molecule has 172 valence electrons. The zero-order valence-electron chi connectivity index (χ0n) is 19.3. The number of aliphatic hydroxyl groups is 1. The average Bonchev–Trinajstić information content (AvgIpc) is 3.24. The number of nitrogens with zero attached hydrogens (tertiary/aromatic N) is 2. The Morgan fingerprint density at radius 3 is 2.82 bits per heavy atom. The molecule has 4 aromatic rings. The van der Waals surface area contributed by atoms with Crippen molar-refractivity contribution in [1.29, 1.82) is 0 Å². The normalized spacial score (nSPS) is 16.5. The molecule has 5 nitrogen and oxygen atoms in total. The molecule has 1 aliphatic heterocycles. The summed E-state index contributed by atoms with van der Waals surface area (Å²) in [5.41, 5.74) is 3.11. The molecular weight excluding hydrogens is 430 g/mol. The number of hydrogen-bond acceptors (Lipinski definition) is 6. The number of rotatable bonds is 7. The molecule has 0 radical (unpaired) electrons.